The van der Waals surface area contributed by atoms with E-state index in [4.69, 9.17) is 27.9 Å². The van der Waals surface area contributed by atoms with Gasteiger partial charge in [0.25, 0.3) is 0 Å². The van der Waals surface area contributed by atoms with Crippen LogP contribution in [-0.4, -0.2) is 13.1 Å². The van der Waals surface area contributed by atoms with Gasteiger partial charge in [-0.2, -0.15) is 0 Å². The molecule has 22 heavy (non-hydrogen) atoms. The van der Waals surface area contributed by atoms with Gasteiger partial charge in [-0.15, -0.1) is 0 Å². The van der Waals surface area contributed by atoms with Crippen LogP contribution in [0.2, 0.25) is 10.0 Å². The van der Waals surface area contributed by atoms with Crippen LogP contribution in [0.5, 0.6) is 5.75 Å². The Bertz CT molecular complexity index is 682. The lowest BCUT2D eigenvalue weighted by atomic mass is 10.2. The summed E-state index contributed by atoms with van der Waals surface area (Å²) >= 11 is 12.0. The summed E-state index contributed by atoms with van der Waals surface area (Å²) in [6.07, 6.45) is 3.24. The zero-order valence-corrected chi connectivity index (χ0v) is 13.3. The van der Waals surface area contributed by atoms with Crippen molar-refractivity contribution in [3.63, 3.8) is 0 Å². The van der Waals surface area contributed by atoms with Gasteiger partial charge in [0.2, 0.25) is 0 Å². The molecule has 6 heteroatoms. The molecule has 2 N–H and O–H groups in total. The molecule has 2 amide bonds. The number of methoxy groups -OCH3 is 1. The molecule has 0 unspecified atom stereocenters. The third-order valence-corrected chi connectivity index (χ3v) is 3.45. The Morgan fingerprint density at radius 1 is 1.09 bits per heavy atom. The van der Waals surface area contributed by atoms with E-state index in [1.165, 1.54) is 6.20 Å². The van der Waals surface area contributed by atoms with Crippen molar-refractivity contribution in [3.8, 4) is 5.75 Å². The van der Waals surface area contributed by atoms with Crippen molar-refractivity contribution >= 4 is 41.0 Å². The van der Waals surface area contributed by atoms with Crippen molar-refractivity contribution in [2.75, 3.05) is 12.4 Å². The summed E-state index contributed by atoms with van der Waals surface area (Å²) in [6, 6.07) is 12.0. The number of benzene rings is 2. The van der Waals surface area contributed by atoms with Crippen LogP contribution in [0.25, 0.3) is 6.08 Å². The summed E-state index contributed by atoms with van der Waals surface area (Å²) in [5, 5.41) is 5.92. The molecule has 0 fully saturated rings. The average Bonchev–Trinajstić information content (AvgIpc) is 2.51. The summed E-state index contributed by atoms with van der Waals surface area (Å²) < 4.78 is 5.22. The molecular weight excluding hydrogens is 323 g/mol. The second-order valence-electron chi connectivity index (χ2n) is 4.27. The summed E-state index contributed by atoms with van der Waals surface area (Å²) in [5.74, 6) is 0.718. The molecule has 0 heterocycles. The molecule has 0 atom stereocenters. The number of nitrogens with one attached hydrogen (secondary N) is 2. The largest absolute Gasteiger partial charge is 0.496 e. The molecule has 2 aromatic rings. The average molecular weight is 337 g/mol. The van der Waals surface area contributed by atoms with E-state index in [-0.39, 0.29) is 0 Å². The molecule has 2 rings (SSSR count). The molecule has 4 nitrogen and oxygen atoms in total. The number of ether oxygens (including phenoxy) is 1. The highest BCUT2D eigenvalue weighted by molar-refractivity contribution is 6.39. The van der Waals surface area contributed by atoms with E-state index in [9.17, 15) is 4.79 Å². The van der Waals surface area contributed by atoms with Gasteiger partial charge >= 0.3 is 6.03 Å². The molecular formula is C16H14Cl2N2O2. The van der Waals surface area contributed by atoms with Gasteiger partial charge < -0.3 is 15.4 Å². The summed E-state index contributed by atoms with van der Waals surface area (Å²) in [5.41, 5.74) is 1.22. The number of carbonyl (C=O) groups excluding carboxylic acids is 1. The number of anilines is 1. The van der Waals surface area contributed by atoms with Crippen molar-refractivity contribution in [2.24, 2.45) is 0 Å². The molecule has 0 aliphatic rings. The van der Waals surface area contributed by atoms with Crippen molar-refractivity contribution in [1.29, 1.82) is 0 Å². The minimum absolute atomic E-state index is 0.369. The lowest BCUT2D eigenvalue weighted by Crippen LogP contribution is -2.24. The third-order valence-electron chi connectivity index (χ3n) is 2.82. The Morgan fingerprint density at radius 3 is 2.45 bits per heavy atom. The van der Waals surface area contributed by atoms with Crippen LogP contribution in [-0.2, 0) is 0 Å². The first-order valence-corrected chi connectivity index (χ1v) is 7.18. The normalized spacial score (nSPS) is 10.5. The summed E-state index contributed by atoms with van der Waals surface area (Å²) in [7, 11) is 1.59. The van der Waals surface area contributed by atoms with E-state index in [1.54, 1.807) is 31.4 Å². The zero-order valence-electron chi connectivity index (χ0n) is 11.8. The molecule has 0 bridgehead atoms. The monoisotopic (exact) mass is 336 g/mol. The highest BCUT2D eigenvalue weighted by atomic mass is 35.5. The first kappa shape index (κ1) is 16.2. The van der Waals surface area contributed by atoms with E-state index in [0.29, 0.717) is 15.7 Å². The van der Waals surface area contributed by atoms with Crippen molar-refractivity contribution in [2.45, 2.75) is 0 Å². The van der Waals surface area contributed by atoms with E-state index in [0.717, 1.165) is 11.3 Å². The van der Waals surface area contributed by atoms with Crippen LogP contribution in [0.3, 0.4) is 0 Å². The maximum absolute atomic E-state index is 11.8. The van der Waals surface area contributed by atoms with Gasteiger partial charge in [0.1, 0.15) is 5.75 Å². The number of para-hydroxylation sites is 2. The summed E-state index contributed by atoms with van der Waals surface area (Å²) in [6.45, 7) is 0. The third kappa shape index (κ3) is 4.16. The first-order valence-electron chi connectivity index (χ1n) is 6.43. The second-order valence-corrected chi connectivity index (χ2v) is 5.08. The van der Waals surface area contributed by atoms with E-state index < -0.39 is 6.03 Å². The molecule has 0 radical (unpaired) electrons. The van der Waals surface area contributed by atoms with Crippen LogP contribution in [0, 0.1) is 0 Å². The number of urea groups is 1. The molecule has 0 aliphatic heterocycles. The number of halogens is 2. The summed E-state index contributed by atoms with van der Waals surface area (Å²) in [4.78, 5) is 11.8. The zero-order chi connectivity index (χ0) is 15.9. The minimum Gasteiger partial charge on any atom is -0.496 e. The molecule has 0 saturated heterocycles. The van der Waals surface area contributed by atoms with E-state index in [2.05, 4.69) is 10.6 Å². The number of rotatable bonds is 4. The lowest BCUT2D eigenvalue weighted by molar-refractivity contribution is 0.255. The Labute approximate surface area is 138 Å². The van der Waals surface area contributed by atoms with Crippen LogP contribution in [0.4, 0.5) is 10.5 Å². The molecule has 0 aliphatic carbocycles. The Morgan fingerprint density at radius 2 is 1.77 bits per heavy atom. The van der Waals surface area contributed by atoms with E-state index in [1.807, 2.05) is 24.3 Å². The fraction of sp³-hybridized carbons (Fsp3) is 0.0625. The van der Waals surface area contributed by atoms with E-state index >= 15 is 0 Å². The van der Waals surface area contributed by atoms with Gasteiger partial charge in [-0.25, -0.2) is 4.79 Å². The molecule has 114 valence electrons. The van der Waals surface area contributed by atoms with Crippen LogP contribution < -0.4 is 15.4 Å². The Hall–Kier alpha value is -2.17. The highest BCUT2D eigenvalue weighted by Gasteiger charge is 2.08. The quantitative estimate of drug-likeness (QED) is 0.842. The molecule has 0 aromatic heterocycles. The SMILES string of the molecule is COc1ccccc1/C=C/NC(=O)Nc1c(Cl)cccc1Cl. The van der Waals surface area contributed by atoms with Crippen molar-refractivity contribution < 1.29 is 9.53 Å². The predicted molar refractivity (Wildman–Crippen MR) is 90.6 cm³/mol. The van der Waals surface area contributed by atoms with Gasteiger partial charge in [-0.3, -0.25) is 0 Å². The highest BCUT2D eigenvalue weighted by Crippen LogP contribution is 2.29. The topological polar surface area (TPSA) is 50.4 Å². The predicted octanol–water partition coefficient (Wildman–Crippen LogP) is 4.79. The van der Waals surface area contributed by atoms with Crippen molar-refractivity contribution in [1.82, 2.24) is 5.32 Å². The fourth-order valence-corrected chi connectivity index (χ4v) is 2.27. The number of hydrogen-bond acceptors (Lipinski definition) is 2. The van der Waals surface area contributed by atoms with Crippen molar-refractivity contribution in [3.05, 3.63) is 64.3 Å². The Kier molecular flexibility index (Phi) is 5.69. The van der Waals surface area contributed by atoms with Gasteiger partial charge in [0.15, 0.2) is 0 Å². The molecule has 2 aromatic carbocycles. The van der Waals surface area contributed by atoms with Crippen LogP contribution >= 0.6 is 23.2 Å². The number of hydrogen-bond donors (Lipinski definition) is 2. The first-order chi connectivity index (χ1) is 10.6. The van der Waals surface area contributed by atoms with Crippen LogP contribution in [0.15, 0.2) is 48.7 Å². The number of carbonyl (C=O) groups is 1. The van der Waals surface area contributed by atoms with Gasteiger partial charge in [0, 0.05) is 11.8 Å². The van der Waals surface area contributed by atoms with Gasteiger partial charge in [-0.05, 0) is 24.3 Å². The smallest absolute Gasteiger partial charge is 0.323 e. The second kappa shape index (κ2) is 7.73. The lowest BCUT2D eigenvalue weighted by Gasteiger charge is -2.08. The van der Waals surface area contributed by atoms with Gasteiger partial charge in [0.05, 0.1) is 22.8 Å². The standard InChI is InChI=1S/C16H14Cl2N2O2/c1-22-14-8-3-2-5-11(14)9-10-19-16(21)20-15-12(17)6-4-7-13(15)18/h2-10H,1H3,(H2,19,20,21)/b10-9+. The minimum atomic E-state index is -0.443. The maximum Gasteiger partial charge on any atom is 0.323 e. The van der Waals surface area contributed by atoms with Gasteiger partial charge in [-0.1, -0.05) is 47.5 Å². The molecule has 0 spiro atoms. The Balaban J connectivity index is 2.00. The van der Waals surface area contributed by atoms with Crippen LogP contribution in [0.1, 0.15) is 5.56 Å². The number of amides is 2. The molecule has 0 saturated carbocycles. The maximum atomic E-state index is 11.8. The fourth-order valence-electron chi connectivity index (χ4n) is 1.78.